The third-order valence-corrected chi connectivity index (χ3v) is 5.83. The molecule has 2 rings (SSSR count). The normalized spacial score (nSPS) is 15.8. The maximum absolute atomic E-state index is 11.9. The van der Waals surface area contributed by atoms with Gasteiger partial charge in [0.15, 0.2) is 0 Å². The Bertz CT molecular complexity index is 620. The lowest BCUT2D eigenvalue weighted by Crippen LogP contribution is -2.32. The lowest BCUT2D eigenvalue weighted by atomic mass is 10.1. The average molecular weight is 340 g/mol. The molecule has 0 bridgehead atoms. The molecule has 23 heavy (non-hydrogen) atoms. The highest BCUT2D eigenvalue weighted by atomic mass is 32.2. The van der Waals surface area contributed by atoms with Crippen molar-refractivity contribution in [1.29, 1.82) is 0 Å². The Morgan fingerprint density at radius 2 is 1.83 bits per heavy atom. The number of hydrogen-bond acceptors (Lipinski definition) is 4. The van der Waals surface area contributed by atoms with Crippen LogP contribution in [0.2, 0.25) is 0 Å². The van der Waals surface area contributed by atoms with Crippen LogP contribution < -0.4 is 10.1 Å². The molecule has 1 aromatic rings. The zero-order valence-corrected chi connectivity index (χ0v) is 14.4. The van der Waals surface area contributed by atoms with Crippen molar-refractivity contribution in [1.82, 2.24) is 9.62 Å². The number of nitrogens with zero attached hydrogens (tertiary/aromatic N) is 1. The van der Waals surface area contributed by atoms with Crippen molar-refractivity contribution in [3.8, 4) is 5.75 Å². The summed E-state index contributed by atoms with van der Waals surface area (Å²) in [5, 5.41) is 2.88. The summed E-state index contributed by atoms with van der Waals surface area (Å²) >= 11 is 0. The second-order valence-electron chi connectivity index (χ2n) is 5.88. The van der Waals surface area contributed by atoms with Gasteiger partial charge in [0.25, 0.3) is 0 Å². The number of ether oxygens (including phenoxy) is 1. The highest BCUT2D eigenvalue weighted by Gasteiger charge is 2.22. The van der Waals surface area contributed by atoms with E-state index in [0.29, 0.717) is 18.9 Å². The Labute approximate surface area is 137 Å². The van der Waals surface area contributed by atoms with E-state index in [1.54, 1.807) is 12.1 Å². The molecule has 0 aromatic heterocycles. The van der Waals surface area contributed by atoms with Crippen molar-refractivity contribution < 1.29 is 17.9 Å². The van der Waals surface area contributed by atoms with Crippen LogP contribution in [0.1, 0.15) is 25.7 Å². The van der Waals surface area contributed by atoms with E-state index in [9.17, 15) is 13.2 Å². The maximum atomic E-state index is 11.9. The largest absolute Gasteiger partial charge is 0.492 e. The molecule has 7 heteroatoms. The van der Waals surface area contributed by atoms with Gasteiger partial charge < -0.3 is 10.1 Å². The minimum absolute atomic E-state index is 0.110. The molecule has 1 aromatic carbocycles. The number of carbonyl (C=O) groups is 1. The van der Waals surface area contributed by atoms with E-state index >= 15 is 0 Å². The molecule has 0 radical (unpaired) electrons. The van der Waals surface area contributed by atoms with Gasteiger partial charge in [-0.05, 0) is 37.1 Å². The van der Waals surface area contributed by atoms with Crippen LogP contribution >= 0.6 is 0 Å². The van der Waals surface area contributed by atoms with Gasteiger partial charge in [0.2, 0.25) is 15.9 Å². The SMILES string of the molecule is CN(C)S(=O)(=O)c1ccc(OCCNC(=O)C2CCCC2)cc1. The molecule has 128 valence electrons. The maximum Gasteiger partial charge on any atom is 0.242 e. The van der Waals surface area contributed by atoms with Crippen LogP contribution in [-0.2, 0) is 14.8 Å². The molecule has 0 spiro atoms. The van der Waals surface area contributed by atoms with Gasteiger partial charge in [-0.25, -0.2) is 12.7 Å². The first-order valence-electron chi connectivity index (χ1n) is 7.84. The molecule has 0 saturated heterocycles. The fourth-order valence-electron chi connectivity index (χ4n) is 2.59. The molecule has 0 unspecified atom stereocenters. The van der Waals surface area contributed by atoms with E-state index in [1.807, 2.05) is 0 Å². The summed E-state index contributed by atoms with van der Waals surface area (Å²) in [5.74, 6) is 0.849. The van der Waals surface area contributed by atoms with Gasteiger partial charge in [0, 0.05) is 20.0 Å². The van der Waals surface area contributed by atoms with Gasteiger partial charge >= 0.3 is 0 Å². The molecule has 6 nitrogen and oxygen atoms in total. The predicted molar refractivity (Wildman–Crippen MR) is 87.8 cm³/mol. The molecule has 1 aliphatic carbocycles. The van der Waals surface area contributed by atoms with Gasteiger partial charge in [0.05, 0.1) is 11.4 Å². The van der Waals surface area contributed by atoms with E-state index < -0.39 is 10.0 Å². The summed E-state index contributed by atoms with van der Waals surface area (Å²) in [6.07, 6.45) is 4.23. The Morgan fingerprint density at radius 1 is 1.22 bits per heavy atom. The van der Waals surface area contributed by atoms with Crippen LogP contribution in [0.5, 0.6) is 5.75 Å². The monoisotopic (exact) mass is 340 g/mol. The number of sulfonamides is 1. The van der Waals surface area contributed by atoms with Gasteiger partial charge in [0.1, 0.15) is 12.4 Å². The van der Waals surface area contributed by atoms with Crippen molar-refractivity contribution in [2.75, 3.05) is 27.2 Å². The molecule has 1 amide bonds. The van der Waals surface area contributed by atoms with E-state index in [4.69, 9.17) is 4.74 Å². The fourth-order valence-corrected chi connectivity index (χ4v) is 3.50. The van der Waals surface area contributed by atoms with Crippen LogP contribution in [0.4, 0.5) is 0 Å². The molecule has 1 saturated carbocycles. The minimum Gasteiger partial charge on any atom is -0.492 e. The first-order valence-corrected chi connectivity index (χ1v) is 9.28. The summed E-state index contributed by atoms with van der Waals surface area (Å²) in [6.45, 7) is 0.811. The van der Waals surface area contributed by atoms with Crippen molar-refractivity contribution in [3.05, 3.63) is 24.3 Å². The van der Waals surface area contributed by atoms with Crippen molar-refractivity contribution >= 4 is 15.9 Å². The van der Waals surface area contributed by atoms with Crippen molar-refractivity contribution in [3.63, 3.8) is 0 Å². The highest BCUT2D eigenvalue weighted by molar-refractivity contribution is 7.89. The molecule has 0 heterocycles. The third kappa shape index (κ3) is 4.68. The second-order valence-corrected chi connectivity index (χ2v) is 8.03. The highest BCUT2D eigenvalue weighted by Crippen LogP contribution is 2.24. The molecular formula is C16H24N2O4S. The van der Waals surface area contributed by atoms with E-state index in [1.165, 1.54) is 30.5 Å². The quantitative estimate of drug-likeness (QED) is 0.766. The first kappa shape index (κ1) is 17.7. The summed E-state index contributed by atoms with van der Waals surface area (Å²) in [6, 6.07) is 6.27. The summed E-state index contributed by atoms with van der Waals surface area (Å²) < 4.78 is 30.6. The van der Waals surface area contributed by atoms with Gasteiger partial charge in [-0.3, -0.25) is 4.79 Å². The summed E-state index contributed by atoms with van der Waals surface area (Å²) in [7, 11) is -0.433. The molecule has 1 aliphatic rings. The lowest BCUT2D eigenvalue weighted by molar-refractivity contribution is -0.124. The van der Waals surface area contributed by atoms with Crippen LogP contribution in [0.3, 0.4) is 0 Å². The minimum atomic E-state index is -3.42. The number of amides is 1. The van der Waals surface area contributed by atoms with Crippen LogP contribution in [0.25, 0.3) is 0 Å². The van der Waals surface area contributed by atoms with Crippen molar-refractivity contribution in [2.45, 2.75) is 30.6 Å². The number of nitrogens with one attached hydrogen (secondary N) is 1. The third-order valence-electron chi connectivity index (χ3n) is 4.00. The van der Waals surface area contributed by atoms with Gasteiger partial charge in [-0.2, -0.15) is 0 Å². The summed E-state index contributed by atoms with van der Waals surface area (Å²) in [5.41, 5.74) is 0. The predicted octanol–water partition coefficient (Wildman–Crippen LogP) is 1.62. The summed E-state index contributed by atoms with van der Waals surface area (Å²) in [4.78, 5) is 12.1. The van der Waals surface area contributed by atoms with Crippen molar-refractivity contribution in [2.24, 2.45) is 5.92 Å². The van der Waals surface area contributed by atoms with Crippen LogP contribution in [0, 0.1) is 5.92 Å². The molecule has 0 atom stereocenters. The Kier molecular flexibility index (Phi) is 6.01. The van der Waals surface area contributed by atoms with E-state index in [-0.39, 0.29) is 16.7 Å². The second kappa shape index (κ2) is 7.79. The van der Waals surface area contributed by atoms with Gasteiger partial charge in [-0.15, -0.1) is 0 Å². The topological polar surface area (TPSA) is 75.7 Å². The molecular weight excluding hydrogens is 316 g/mol. The fraction of sp³-hybridized carbons (Fsp3) is 0.562. The molecule has 1 N–H and O–H groups in total. The lowest BCUT2D eigenvalue weighted by Gasteiger charge is -2.13. The smallest absolute Gasteiger partial charge is 0.242 e. The zero-order valence-electron chi connectivity index (χ0n) is 13.6. The zero-order chi connectivity index (χ0) is 16.9. The molecule has 0 aliphatic heterocycles. The number of hydrogen-bond donors (Lipinski definition) is 1. The van der Waals surface area contributed by atoms with E-state index in [0.717, 1.165) is 25.7 Å². The first-order chi connectivity index (χ1) is 10.9. The average Bonchev–Trinajstić information content (AvgIpc) is 3.06. The number of rotatable bonds is 7. The Morgan fingerprint density at radius 3 is 2.39 bits per heavy atom. The number of carbonyl (C=O) groups excluding carboxylic acids is 1. The standard InChI is InChI=1S/C16H24N2O4S/c1-18(2)23(20,21)15-9-7-14(8-10-15)22-12-11-17-16(19)13-5-3-4-6-13/h7-10,13H,3-6,11-12H2,1-2H3,(H,17,19). The van der Waals surface area contributed by atoms with E-state index in [2.05, 4.69) is 5.32 Å². The van der Waals surface area contributed by atoms with Crippen LogP contribution in [0.15, 0.2) is 29.2 Å². The Hall–Kier alpha value is -1.60. The molecule has 1 fully saturated rings. The van der Waals surface area contributed by atoms with Gasteiger partial charge in [-0.1, -0.05) is 12.8 Å². The Balaban J connectivity index is 1.77. The number of benzene rings is 1. The van der Waals surface area contributed by atoms with Crippen LogP contribution in [-0.4, -0.2) is 45.9 Å².